The van der Waals surface area contributed by atoms with E-state index in [-0.39, 0.29) is 11.5 Å². The van der Waals surface area contributed by atoms with Crippen LogP contribution in [-0.4, -0.2) is 60.8 Å². The lowest BCUT2D eigenvalue weighted by Gasteiger charge is -2.30. The van der Waals surface area contributed by atoms with E-state index >= 15 is 0 Å². The Kier molecular flexibility index (Phi) is 6.25. The number of hydrogen-bond acceptors (Lipinski definition) is 5. The van der Waals surface area contributed by atoms with Crippen LogP contribution in [0.2, 0.25) is 0 Å². The molecule has 2 aromatic carbocycles. The van der Waals surface area contributed by atoms with E-state index in [0.29, 0.717) is 24.9 Å². The Balaban J connectivity index is 1.50. The zero-order chi connectivity index (χ0) is 23.6. The third-order valence-electron chi connectivity index (χ3n) is 6.27. The van der Waals surface area contributed by atoms with Crippen LogP contribution >= 0.6 is 0 Å². The van der Waals surface area contributed by atoms with E-state index in [0.717, 1.165) is 10.5 Å². The highest BCUT2D eigenvalue weighted by Crippen LogP contribution is 2.27. The molecule has 33 heavy (non-hydrogen) atoms. The standard InChI is InChI=1S/C24H27N3O5S/c1-24(14-12-18-8-4-2-5-9-18)22(29)26(23(30)25-24)16-21(28)27(19-10-6-3-7-11-19)20-13-15-33(31,32)17-20/h2-11,20H,12-17H2,1H3,(H,25,30). The molecular formula is C24H27N3O5S. The summed E-state index contributed by atoms with van der Waals surface area (Å²) in [4.78, 5) is 41.5. The maximum atomic E-state index is 13.3. The molecule has 2 aromatic rings. The summed E-state index contributed by atoms with van der Waals surface area (Å²) < 4.78 is 24.1. The molecule has 4 amide bonds. The van der Waals surface area contributed by atoms with Crippen LogP contribution in [0, 0.1) is 0 Å². The molecular weight excluding hydrogens is 442 g/mol. The highest BCUT2D eigenvalue weighted by Gasteiger charge is 2.48. The largest absolute Gasteiger partial charge is 0.325 e. The molecule has 4 rings (SSSR count). The molecule has 0 aliphatic carbocycles. The van der Waals surface area contributed by atoms with Crippen molar-refractivity contribution in [2.45, 2.75) is 37.8 Å². The van der Waals surface area contributed by atoms with Gasteiger partial charge in [0.2, 0.25) is 5.91 Å². The van der Waals surface area contributed by atoms with Crippen molar-refractivity contribution in [1.82, 2.24) is 10.2 Å². The summed E-state index contributed by atoms with van der Waals surface area (Å²) in [5.74, 6) is -1.07. The van der Waals surface area contributed by atoms with Gasteiger partial charge in [-0.3, -0.25) is 14.5 Å². The van der Waals surface area contributed by atoms with Gasteiger partial charge in [0.25, 0.3) is 5.91 Å². The van der Waals surface area contributed by atoms with Crippen molar-refractivity contribution >= 4 is 33.4 Å². The van der Waals surface area contributed by atoms with E-state index in [4.69, 9.17) is 0 Å². The molecule has 2 aliphatic heterocycles. The average molecular weight is 470 g/mol. The topological polar surface area (TPSA) is 104 Å². The van der Waals surface area contributed by atoms with Crippen LogP contribution in [0.15, 0.2) is 60.7 Å². The molecule has 2 aliphatic rings. The highest BCUT2D eigenvalue weighted by molar-refractivity contribution is 7.91. The fourth-order valence-electron chi connectivity index (χ4n) is 4.44. The van der Waals surface area contributed by atoms with Gasteiger partial charge in [-0.2, -0.15) is 0 Å². The number of sulfone groups is 1. The molecule has 1 N–H and O–H groups in total. The zero-order valence-electron chi connectivity index (χ0n) is 18.4. The van der Waals surface area contributed by atoms with Crippen LogP contribution in [-0.2, 0) is 25.8 Å². The number of hydrogen-bond donors (Lipinski definition) is 1. The highest BCUT2D eigenvalue weighted by atomic mass is 32.2. The third-order valence-corrected chi connectivity index (χ3v) is 8.02. The van der Waals surface area contributed by atoms with Gasteiger partial charge in [-0.15, -0.1) is 0 Å². The van der Waals surface area contributed by atoms with Gasteiger partial charge in [0.1, 0.15) is 12.1 Å². The maximum absolute atomic E-state index is 13.3. The molecule has 2 unspecified atom stereocenters. The van der Waals surface area contributed by atoms with Crippen LogP contribution in [0.4, 0.5) is 10.5 Å². The van der Waals surface area contributed by atoms with Crippen molar-refractivity contribution < 1.29 is 22.8 Å². The molecule has 8 nitrogen and oxygen atoms in total. The molecule has 9 heteroatoms. The molecule has 2 heterocycles. The van der Waals surface area contributed by atoms with Gasteiger partial charge in [-0.05, 0) is 43.9 Å². The quantitative estimate of drug-likeness (QED) is 0.626. The molecule has 0 saturated carbocycles. The predicted molar refractivity (Wildman–Crippen MR) is 124 cm³/mol. The van der Waals surface area contributed by atoms with Crippen molar-refractivity contribution in [2.24, 2.45) is 0 Å². The van der Waals surface area contributed by atoms with Crippen LogP contribution in [0.25, 0.3) is 0 Å². The molecule has 0 radical (unpaired) electrons. The van der Waals surface area contributed by atoms with Gasteiger partial charge in [0.15, 0.2) is 9.84 Å². The lowest BCUT2D eigenvalue weighted by Crippen LogP contribution is -2.49. The Bertz CT molecular complexity index is 1150. The number of para-hydroxylation sites is 1. The van der Waals surface area contributed by atoms with Crippen LogP contribution in [0.1, 0.15) is 25.3 Å². The normalized spacial score (nSPS) is 24.0. The van der Waals surface area contributed by atoms with Crippen molar-refractivity contribution in [2.75, 3.05) is 23.0 Å². The Labute approximate surface area is 193 Å². The minimum atomic E-state index is -3.24. The number of aryl methyl sites for hydroxylation is 1. The second-order valence-corrected chi connectivity index (χ2v) is 11.0. The van der Waals surface area contributed by atoms with Crippen LogP contribution < -0.4 is 10.2 Å². The monoisotopic (exact) mass is 469 g/mol. The van der Waals surface area contributed by atoms with Crippen molar-refractivity contribution in [1.29, 1.82) is 0 Å². The lowest BCUT2D eigenvalue weighted by atomic mass is 9.93. The Morgan fingerprint density at radius 3 is 2.33 bits per heavy atom. The lowest BCUT2D eigenvalue weighted by molar-refractivity contribution is -0.134. The number of amides is 4. The van der Waals surface area contributed by atoms with Gasteiger partial charge in [0, 0.05) is 5.69 Å². The van der Waals surface area contributed by atoms with E-state index in [9.17, 15) is 22.8 Å². The van der Waals surface area contributed by atoms with Gasteiger partial charge in [0.05, 0.1) is 17.5 Å². The number of benzene rings is 2. The number of anilines is 1. The number of carbonyl (C=O) groups is 3. The number of imide groups is 1. The number of nitrogens with zero attached hydrogens (tertiary/aromatic N) is 2. The molecule has 2 fully saturated rings. The van der Waals surface area contributed by atoms with E-state index in [1.807, 2.05) is 30.3 Å². The summed E-state index contributed by atoms with van der Waals surface area (Å²) in [5.41, 5.74) is 0.484. The smallest absolute Gasteiger partial charge is 0.323 e. The summed E-state index contributed by atoms with van der Waals surface area (Å²) in [6.45, 7) is 1.22. The van der Waals surface area contributed by atoms with Crippen LogP contribution in [0.5, 0.6) is 0 Å². The van der Waals surface area contributed by atoms with E-state index in [1.165, 1.54) is 4.90 Å². The van der Waals surface area contributed by atoms with Gasteiger partial charge in [-0.25, -0.2) is 13.2 Å². The minimum absolute atomic E-state index is 0.00890. The summed E-state index contributed by atoms with van der Waals surface area (Å²) in [6.07, 6.45) is 1.31. The molecule has 0 bridgehead atoms. The number of urea groups is 1. The van der Waals surface area contributed by atoms with Gasteiger partial charge in [-0.1, -0.05) is 48.5 Å². The molecule has 2 saturated heterocycles. The van der Waals surface area contributed by atoms with E-state index < -0.39 is 45.8 Å². The number of rotatable bonds is 7. The van der Waals surface area contributed by atoms with Crippen molar-refractivity contribution in [3.05, 3.63) is 66.2 Å². The fourth-order valence-corrected chi connectivity index (χ4v) is 6.14. The predicted octanol–water partition coefficient (Wildman–Crippen LogP) is 2.15. The number of carbonyl (C=O) groups excluding carboxylic acids is 3. The molecule has 0 spiro atoms. The molecule has 2 atom stereocenters. The van der Waals surface area contributed by atoms with Gasteiger partial charge >= 0.3 is 6.03 Å². The van der Waals surface area contributed by atoms with Crippen molar-refractivity contribution in [3.63, 3.8) is 0 Å². The Morgan fingerprint density at radius 1 is 1.09 bits per heavy atom. The molecule has 0 aromatic heterocycles. The SMILES string of the molecule is CC1(CCc2ccccc2)NC(=O)N(CC(=O)N(c2ccccc2)C2CCS(=O)(=O)C2)C1=O. The summed E-state index contributed by atoms with van der Waals surface area (Å²) in [6, 6.07) is 17.3. The maximum Gasteiger partial charge on any atom is 0.325 e. The van der Waals surface area contributed by atoms with E-state index in [2.05, 4.69) is 5.32 Å². The fraction of sp³-hybridized carbons (Fsp3) is 0.375. The second kappa shape index (κ2) is 8.97. The van der Waals surface area contributed by atoms with Crippen LogP contribution in [0.3, 0.4) is 0 Å². The average Bonchev–Trinajstić information content (AvgIpc) is 3.25. The first-order chi connectivity index (χ1) is 15.7. The third kappa shape index (κ3) is 4.93. The Hall–Kier alpha value is -3.20. The van der Waals surface area contributed by atoms with Crippen molar-refractivity contribution in [3.8, 4) is 0 Å². The number of nitrogens with one attached hydrogen (secondary N) is 1. The second-order valence-electron chi connectivity index (χ2n) is 8.80. The Morgan fingerprint density at radius 2 is 1.73 bits per heavy atom. The van der Waals surface area contributed by atoms with Gasteiger partial charge < -0.3 is 10.2 Å². The summed E-state index contributed by atoms with van der Waals surface area (Å²) in [7, 11) is -3.24. The molecule has 174 valence electrons. The minimum Gasteiger partial charge on any atom is -0.323 e. The summed E-state index contributed by atoms with van der Waals surface area (Å²) >= 11 is 0. The first kappa shape index (κ1) is 23.0. The first-order valence-electron chi connectivity index (χ1n) is 10.9. The van der Waals surface area contributed by atoms with E-state index in [1.54, 1.807) is 37.3 Å². The summed E-state index contributed by atoms with van der Waals surface area (Å²) in [5, 5.41) is 2.74. The first-order valence-corrected chi connectivity index (χ1v) is 12.8. The zero-order valence-corrected chi connectivity index (χ0v) is 19.3.